The highest BCUT2D eigenvalue weighted by atomic mass is 32.1. The molecule has 3 rings (SSSR count). The second-order valence-corrected chi connectivity index (χ2v) is 10.4. The van der Waals surface area contributed by atoms with Gasteiger partial charge in [-0.2, -0.15) is 0 Å². The molecule has 0 aliphatic carbocycles. The van der Waals surface area contributed by atoms with Crippen molar-refractivity contribution in [3.8, 4) is 0 Å². The summed E-state index contributed by atoms with van der Waals surface area (Å²) in [7, 11) is 1.72. The highest BCUT2D eigenvalue weighted by Crippen LogP contribution is 2.31. The number of hydrogen-bond donors (Lipinski definition) is 1. The van der Waals surface area contributed by atoms with Crippen LogP contribution in [0.3, 0.4) is 0 Å². The summed E-state index contributed by atoms with van der Waals surface area (Å²) in [6.07, 6.45) is 2.76. The predicted molar refractivity (Wildman–Crippen MR) is 138 cm³/mol. The maximum absolute atomic E-state index is 13.4. The van der Waals surface area contributed by atoms with Crippen LogP contribution in [0.5, 0.6) is 0 Å². The quantitative estimate of drug-likeness (QED) is 0.578. The maximum atomic E-state index is 13.4. The van der Waals surface area contributed by atoms with E-state index in [1.165, 1.54) is 0 Å². The molecule has 0 spiro atoms. The van der Waals surface area contributed by atoms with E-state index in [4.69, 9.17) is 10.5 Å². The van der Waals surface area contributed by atoms with Gasteiger partial charge in [0.25, 0.3) is 5.91 Å². The molecule has 2 aromatic rings. The molecule has 2 heterocycles. The SMILES string of the molecule is CCCN(Cc1ccc(CN(C)C(=O)OC(C)(C)C)cc1)C(=O)C1=Cc2sccc2N=C(N)C1. The molecular formula is C26H34N4O3S. The van der Waals surface area contributed by atoms with E-state index in [0.717, 1.165) is 28.1 Å². The van der Waals surface area contributed by atoms with Gasteiger partial charge in [-0.15, -0.1) is 11.3 Å². The molecule has 0 unspecified atom stereocenters. The number of amides is 2. The number of thiophene rings is 1. The fourth-order valence-corrected chi connectivity index (χ4v) is 4.41. The largest absolute Gasteiger partial charge is 0.444 e. The number of ether oxygens (including phenoxy) is 1. The number of hydrogen-bond acceptors (Lipinski definition) is 6. The maximum Gasteiger partial charge on any atom is 0.410 e. The summed E-state index contributed by atoms with van der Waals surface area (Å²) in [5, 5.41) is 1.96. The van der Waals surface area contributed by atoms with Gasteiger partial charge in [0.05, 0.1) is 10.6 Å². The van der Waals surface area contributed by atoms with Crippen LogP contribution in [0, 0.1) is 0 Å². The number of rotatable bonds is 7. The van der Waals surface area contributed by atoms with Gasteiger partial charge in [-0.05, 0) is 55.8 Å². The fourth-order valence-electron chi connectivity index (χ4n) is 3.62. The van der Waals surface area contributed by atoms with E-state index in [-0.39, 0.29) is 12.0 Å². The summed E-state index contributed by atoms with van der Waals surface area (Å²) >= 11 is 1.56. The Bertz CT molecular complexity index is 1080. The van der Waals surface area contributed by atoms with Gasteiger partial charge < -0.3 is 20.3 Å². The van der Waals surface area contributed by atoms with Crippen LogP contribution in [0.4, 0.5) is 10.5 Å². The first-order valence-electron chi connectivity index (χ1n) is 11.5. The number of carbonyl (C=O) groups is 2. The first kappa shape index (κ1) is 25.5. The zero-order valence-electron chi connectivity index (χ0n) is 20.6. The number of aliphatic imine (C=N–C) groups is 1. The predicted octanol–water partition coefficient (Wildman–Crippen LogP) is 5.33. The molecule has 0 bridgehead atoms. The molecular weight excluding hydrogens is 448 g/mol. The topological polar surface area (TPSA) is 88.2 Å². The van der Waals surface area contributed by atoms with Crippen molar-refractivity contribution in [3.63, 3.8) is 0 Å². The minimum atomic E-state index is -0.529. The van der Waals surface area contributed by atoms with Gasteiger partial charge in [0.2, 0.25) is 0 Å². The lowest BCUT2D eigenvalue weighted by atomic mass is 10.1. The highest BCUT2D eigenvalue weighted by molar-refractivity contribution is 7.11. The third kappa shape index (κ3) is 6.93. The summed E-state index contributed by atoms with van der Waals surface area (Å²) in [5.74, 6) is 0.432. The van der Waals surface area contributed by atoms with Crippen molar-refractivity contribution in [1.29, 1.82) is 0 Å². The van der Waals surface area contributed by atoms with Gasteiger partial charge in [0.1, 0.15) is 11.4 Å². The summed E-state index contributed by atoms with van der Waals surface area (Å²) in [6.45, 7) is 9.20. The van der Waals surface area contributed by atoms with E-state index in [0.29, 0.717) is 37.5 Å². The molecule has 1 aromatic heterocycles. The second kappa shape index (κ2) is 10.9. The van der Waals surface area contributed by atoms with Crippen molar-refractivity contribution < 1.29 is 14.3 Å². The zero-order valence-corrected chi connectivity index (χ0v) is 21.4. The van der Waals surface area contributed by atoms with Crippen LogP contribution in [0.25, 0.3) is 6.08 Å². The van der Waals surface area contributed by atoms with Gasteiger partial charge in [-0.1, -0.05) is 31.2 Å². The Kier molecular flexibility index (Phi) is 8.15. The zero-order chi connectivity index (χ0) is 24.9. The Hall–Kier alpha value is -3.13. The Morgan fingerprint density at radius 1 is 1.12 bits per heavy atom. The molecule has 0 radical (unpaired) electrons. The normalized spacial score (nSPS) is 13.3. The van der Waals surface area contributed by atoms with E-state index >= 15 is 0 Å². The molecule has 182 valence electrons. The van der Waals surface area contributed by atoms with Gasteiger partial charge in [-0.3, -0.25) is 4.79 Å². The third-order valence-electron chi connectivity index (χ3n) is 5.19. The standard InChI is InChI=1S/C26H34N4O3S/c1-6-12-30(24(31)20-14-22-21(11-13-34-22)28-23(27)15-20)17-19-9-7-18(8-10-19)16-29(5)25(32)33-26(2,3)4/h7-11,13-14H,6,12,15-17H2,1-5H3,(H2,27,28). The average Bonchev–Trinajstić information content (AvgIpc) is 3.12. The van der Waals surface area contributed by atoms with Crippen molar-refractivity contribution in [2.75, 3.05) is 13.6 Å². The minimum Gasteiger partial charge on any atom is -0.444 e. The van der Waals surface area contributed by atoms with E-state index in [2.05, 4.69) is 11.9 Å². The smallest absolute Gasteiger partial charge is 0.410 e. The number of amidine groups is 1. The summed E-state index contributed by atoms with van der Waals surface area (Å²) in [5.41, 5.74) is 9.05. The number of benzene rings is 1. The minimum absolute atomic E-state index is 0.0185. The molecule has 0 saturated heterocycles. The van der Waals surface area contributed by atoms with Crippen LogP contribution in [0.1, 0.15) is 56.5 Å². The molecule has 7 nitrogen and oxygen atoms in total. The first-order valence-corrected chi connectivity index (χ1v) is 12.4. The number of carbonyl (C=O) groups excluding carboxylic acids is 2. The molecule has 1 aromatic carbocycles. The number of nitrogens with zero attached hydrogens (tertiary/aromatic N) is 3. The second-order valence-electron chi connectivity index (χ2n) is 9.50. The van der Waals surface area contributed by atoms with Gasteiger partial charge >= 0.3 is 6.09 Å². The van der Waals surface area contributed by atoms with Crippen molar-refractivity contribution in [1.82, 2.24) is 9.80 Å². The van der Waals surface area contributed by atoms with E-state index in [1.54, 1.807) is 23.3 Å². The van der Waals surface area contributed by atoms with Crippen molar-refractivity contribution >= 4 is 40.9 Å². The highest BCUT2D eigenvalue weighted by Gasteiger charge is 2.22. The number of fused-ring (bicyclic) bond motifs is 1. The third-order valence-corrected chi connectivity index (χ3v) is 6.04. The Morgan fingerprint density at radius 2 is 1.76 bits per heavy atom. The Labute approximate surface area is 205 Å². The lowest BCUT2D eigenvalue weighted by Crippen LogP contribution is -2.34. The lowest BCUT2D eigenvalue weighted by molar-refractivity contribution is -0.127. The Morgan fingerprint density at radius 3 is 2.38 bits per heavy atom. The van der Waals surface area contributed by atoms with Crippen molar-refractivity contribution in [3.05, 3.63) is 57.3 Å². The van der Waals surface area contributed by atoms with Gasteiger partial charge in [-0.25, -0.2) is 9.79 Å². The first-order chi connectivity index (χ1) is 16.1. The van der Waals surface area contributed by atoms with Gasteiger partial charge in [0, 0.05) is 38.7 Å². The van der Waals surface area contributed by atoms with Crippen LogP contribution < -0.4 is 5.73 Å². The molecule has 0 saturated carbocycles. The van der Waals surface area contributed by atoms with Crippen molar-refractivity contribution in [2.45, 2.75) is 59.2 Å². The van der Waals surface area contributed by atoms with E-state index in [1.807, 2.05) is 67.5 Å². The van der Waals surface area contributed by atoms with Crippen LogP contribution in [-0.4, -0.2) is 46.8 Å². The molecule has 1 aliphatic rings. The number of nitrogens with two attached hydrogens (primary N) is 1. The van der Waals surface area contributed by atoms with Crippen LogP contribution in [-0.2, 0) is 22.6 Å². The summed E-state index contributed by atoms with van der Waals surface area (Å²) in [4.78, 5) is 34.4. The Balaban J connectivity index is 1.68. The molecule has 2 N–H and O–H groups in total. The van der Waals surface area contributed by atoms with Crippen LogP contribution in [0.15, 0.2) is 46.3 Å². The molecule has 0 atom stereocenters. The van der Waals surface area contributed by atoms with E-state index in [9.17, 15) is 9.59 Å². The van der Waals surface area contributed by atoms with Crippen LogP contribution >= 0.6 is 11.3 Å². The molecule has 8 heteroatoms. The average molecular weight is 483 g/mol. The van der Waals surface area contributed by atoms with Gasteiger partial charge in [0.15, 0.2) is 0 Å². The lowest BCUT2D eigenvalue weighted by Gasteiger charge is -2.25. The van der Waals surface area contributed by atoms with Crippen molar-refractivity contribution in [2.24, 2.45) is 10.7 Å². The summed E-state index contributed by atoms with van der Waals surface area (Å²) in [6, 6.07) is 9.89. The molecule has 34 heavy (non-hydrogen) atoms. The molecule has 1 aliphatic heterocycles. The van der Waals surface area contributed by atoms with Crippen LogP contribution in [0.2, 0.25) is 0 Å². The molecule has 0 fully saturated rings. The fraction of sp³-hybridized carbons (Fsp3) is 0.423. The monoisotopic (exact) mass is 482 g/mol. The molecule has 2 amide bonds. The van der Waals surface area contributed by atoms with E-state index < -0.39 is 5.60 Å². The summed E-state index contributed by atoms with van der Waals surface area (Å²) < 4.78 is 5.41.